The molecule has 6 heteroatoms. The molecule has 0 aliphatic carbocycles. The summed E-state index contributed by atoms with van der Waals surface area (Å²) in [5.74, 6) is -1.67. The number of carbonyl (C=O) groups is 2. The van der Waals surface area contributed by atoms with Crippen molar-refractivity contribution in [3.05, 3.63) is 53.5 Å². The molecule has 0 atom stereocenters. The summed E-state index contributed by atoms with van der Waals surface area (Å²) in [6.45, 7) is 0.00963. The van der Waals surface area contributed by atoms with Crippen molar-refractivity contribution in [3.63, 3.8) is 0 Å². The van der Waals surface area contributed by atoms with Crippen molar-refractivity contribution in [2.75, 3.05) is 12.0 Å². The summed E-state index contributed by atoms with van der Waals surface area (Å²) in [6.07, 6.45) is 0. The molecule has 0 spiro atoms. The van der Waals surface area contributed by atoms with E-state index in [4.69, 9.17) is 4.74 Å². The van der Waals surface area contributed by atoms with E-state index in [1.54, 1.807) is 18.2 Å². The minimum absolute atomic E-state index is 0.00963. The highest BCUT2D eigenvalue weighted by atomic mass is 19.1. The van der Waals surface area contributed by atoms with Crippen LogP contribution < -0.4 is 9.64 Å². The van der Waals surface area contributed by atoms with Gasteiger partial charge in [0.05, 0.1) is 30.6 Å². The zero-order valence-corrected chi connectivity index (χ0v) is 11.2. The minimum atomic E-state index is -0.750. The lowest BCUT2D eigenvalue weighted by Gasteiger charge is -2.16. The average molecular weight is 286 g/mol. The SMILES string of the molecule is COc1cccc(CN2C(=O)C(=O)c3cccc(F)c32)n1. The number of ketones is 1. The number of halogens is 1. The van der Waals surface area contributed by atoms with Gasteiger partial charge >= 0.3 is 0 Å². The molecule has 0 unspecified atom stereocenters. The monoisotopic (exact) mass is 286 g/mol. The van der Waals surface area contributed by atoms with E-state index in [9.17, 15) is 14.0 Å². The molecule has 1 aliphatic rings. The summed E-state index contributed by atoms with van der Waals surface area (Å²) in [5.41, 5.74) is 0.603. The zero-order chi connectivity index (χ0) is 15.0. The Morgan fingerprint density at radius 3 is 2.71 bits per heavy atom. The van der Waals surface area contributed by atoms with E-state index in [0.29, 0.717) is 11.6 Å². The molecule has 21 heavy (non-hydrogen) atoms. The zero-order valence-electron chi connectivity index (χ0n) is 11.2. The van der Waals surface area contributed by atoms with Gasteiger partial charge in [0.1, 0.15) is 5.82 Å². The molecule has 0 radical (unpaired) electrons. The third-order valence-electron chi connectivity index (χ3n) is 3.25. The number of hydrogen-bond acceptors (Lipinski definition) is 4. The molecule has 3 rings (SSSR count). The van der Waals surface area contributed by atoms with Crippen LogP contribution >= 0.6 is 0 Å². The Balaban J connectivity index is 2.00. The summed E-state index contributed by atoms with van der Waals surface area (Å²) in [4.78, 5) is 29.2. The lowest BCUT2D eigenvalue weighted by atomic mass is 10.1. The van der Waals surface area contributed by atoms with Crippen LogP contribution in [0, 0.1) is 5.82 Å². The van der Waals surface area contributed by atoms with Crippen LogP contribution in [0.15, 0.2) is 36.4 Å². The molecule has 0 N–H and O–H groups in total. The van der Waals surface area contributed by atoms with Crippen molar-refractivity contribution in [1.82, 2.24) is 4.98 Å². The number of amides is 1. The van der Waals surface area contributed by atoms with Crippen LogP contribution in [-0.4, -0.2) is 23.8 Å². The number of nitrogens with zero attached hydrogens (tertiary/aromatic N) is 2. The first-order valence-corrected chi connectivity index (χ1v) is 6.26. The Morgan fingerprint density at radius 1 is 1.19 bits per heavy atom. The van der Waals surface area contributed by atoms with Gasteiger partial charge in [-0.25, -0.2) is 9.37 Å². The third kappa shape index (κ3) is 2.14. The largest absolute Gasteiger partial charge is 0.481 e. The first-order valence-electron chi connectivity index (χ1n) is 6.26. The maximum Gasteiger partial charge on any atom is 0.299 e. The number of benzene rings is 1. The number of hydrogen-bond donors (Lipinski definition) is 0. The molecule has 1 aromatic heterocycles. The number of pyridine rings is 1. The summed E-state index contributed by atoms with van der Waals surface area (Å²) in [5, 5.41) is 0. The Bertz CT molecular complexity index is 745. The molecular weight excluding hydrogens is 275 g/mol. The average Bonchev–Trinajstić information content (AvgIpc) is 2.74. The highest BCUT2D eigenvalue weighted by Gasteiger charge is 2.38. The van der Waals surface area contributed by atoms with Crippen LogP contribution in [-0.2, 0) is 11.3 Å². The highest BCUT2D eigenvalue weighted by molar-refractivity contribution is 6.52. The molecule has 2 aromatic rings. The van der Waals surface area contributed by atoms with Crippen molar-refractivity contribution in [2.45, 2.75) is 6.54 Å². The van der Waals surface area contributed by atoms with Gasteiger partial charge < -0.3 is 4.74 Å². The number of carbonyl (C=O) groups excluding carboxylic acids is 2. The standard InChI is InChI=1S/C15H11FN2O3/c1-21-12-7-2-4-9(17-12)8-18-13-10(14(19)15(18)20)5-3-6-11(13)16/h2-7H,8H2,1H3. The fraction of sp³-hybridized carbons (Fsp3) is 0.133. The van der Waals surface area contributed by atoms with Crippen LogP contribution in [0.4, 0.5) is 10.1 Å². The molecule has 0 fully saturated rings. The van der Waals surface area contributed by atoms with Gasteiger partial charge in [0, 0.05) is 6.07 Å². The molecule has 5 nitrogen and oxygen atoms in total. The minimum Gasteiger partial charge on any atom is -0.481 e. The normalized spacial score (nSPS) is 13.5. The second-order valence-electron chi connectivity index (χ2n) is 4.53. The summed E-state index contributed by atoms with van der Waals surface area (Å²) >= 11 is 0. The molecule has 1 aliphatic heterocycles. The van der Waals surface area contributed by atoms with Crippen LogP contribution in [0.2, 0.25) is 0 Å². The number of para-hydroxylation sites is 1. The smallest absolute Gasteiger partial charge is 0.299 e. The van der Waals surface area contributed by atoms with Crippen LogP contribution in [0.25, 0.3) is 0 Å². The van der Waals surface area contributed by atoms with Gasteiger partial charge in [-0.2, -0.15) is 0 Å². The second-order valence-corrected chi connectivity index (χ2v) is 4.53. The molecule has 0 saturated carbocycles. The lowest BCUT2D eigenvalue weighted by molar-refractivity contribution is -0.114. The van der Waals surface area contributed by atoms with Crippen molar-refractivity contribution in [3.8, 4) is 5.88 Å². The Kier molecular flexibility index (Phi) is 3.13. The van der Waals surface area contributed by atoms with Gasteiger partial charge in [0.15, 0.2) is 0 Å². The number of ether oxygens (including phenoxy) is 1. The number of rotatable bonds is 3. The summed E-state index contributed by atoms with van der Waals surface area (Å²) in [7, 11) is 1.48. The lowest BCUT2D eigenvalue weighted by Crippen LogP contribution is -2.30. The molecule has 0 saturated heterocycles. The van der Waals surface area contributed by atoms with Crippen LogP contribution in [0.5, 0.6) is 5.88 Å². The highest BCUT2D eigenvalue weighted by Crippen LogP contribution is 2.32. The van der Waals surface area contributed by atoms with Gasteiger partial charge in [0.2, 0.25) is 5.88 Å². The second kappa shape index (κ2) is 4.97. The van der Waals surface area contributed by atoms with E-state index in [2.05, 4.69) is 4.98 Å². The van der Waals surface area contributed by atoms with E-state index in [1.165, 1.54) is 25.3 Å². The van der Waals surface area contributed by atoms with Gasteiger partial charge in [-0.3, -0.25) is 14.5 Å². The van der Waals surface area contributed by atoms with Gasteiger partial charge in [-0.1, -0.05) is 12.1 Å². The summed E-state index contributed by atoms with van der Waals surface area (Å²) < 4.78 is 18.9. The van der Waals surface area contributed by atoms with Gasteiger partial charge in [-0.15, -0.1) is 0 Å². The first-order chi connectivity index (χ1) is 10.1. The van der Waals surface area contributed by atoms with Crippen LogP contribution in [0.1, 0.15) is 16.1 Å². The summed E-state index contributed by atoms with van der Waals surface area (Å²) in [6, 6.07) is 9.13. The predicted molar refractivity (Wildman–Crippen MR) is 72.7 cm³/mol. The van der Waals surface area contributed by atoms with Crippen molar-refractivity contribution in [2.24, 2.45) is 0 Å². The maximum absolute atomic E-state index is 13.9. The molecule has 1 amide bonds. The van der Waals surface area contributed by atoms with Gasteiger partial charge in [0.25, 0.3) is 11.7 Å². The van der Waals surface area contributed by atoms with E-state index in [-0.39, 0.29) is 17.8 Å². The number of Topliss-reactive ketones (excluding diaryl/α,β-unsaturated/α-hetero) is 1. The van der Waals surface area contributed by atoms with Crippen LogP contribution in [0.3, 0.4) is 0 Å². The van der Waals surface area contributed by atoms with E-state index >= 15 is 0 Å². The number of fused-ring (bicyclic) bond motifs is 1. The fourth-order valence-corrected chi connectivity index (χ4v) is 2.28. The molecule has 2 heterocycles. The van der Waals surface area contributed by atoms with Crippen molar-refractivity contribution < 1.29 is 18.7 Å². The topological polar surface area (TPSA) is 59.5 Å². The molecule has 0 bridgehead atoms. The number of aromatic nitrogens is 1. The number of methoxy groups -OCH3 is 1. The van der Waals surface area contributed by atoms with Gasteiger partial charge in [-0.05, 0) is 18.2 Å². The third-order valence-corrected chi connectivity index (χ3v) is 3.25. The quantitative estimate of drug-likeness (QED) is 0.809. The maximum atomic E-state index is 13.9. The fourth-order valence-electron chi connectivity index (χ4n) is 2.28. The number of anilines is 1. The van der Waals surface area contributed by atoms with E-state index < -0.39 is 17.5 Å². The van der Waals surface area contributed by atoms with Crippen molar-refractivity contribution >= 4 is 17.4 Å². The Morgan fingerprint density at radius 2 is 1.95 bits per heavy atom. The van der Waals surface area contributed by atoms with E-state index in [1.807, 2.05) is 0 Å². The molecule has 106 valence electrons. The Labute approximate surface area is 120 Å². The first kappa shape index (κ1) is 13.2. The van der Waals surface area contributed by atoms with Crippen molar-refractivity contribution in [1.29, 1.82) is 0 Å². The Hall–Kier alpha value is -2.76. The predicted octanol–water partition coefficient (Wildman–Crippen LogP) is 1.96. The molecule has 1 aromatic carbocycles. The molecular formula is C15H11FN2O3. The van der Waals surface area contributed by atoms with E-state index in [0.717, 1.165) is 4.90 Å².